The second kappa shape index (κ2) is 5.66. The topological polar surface area (TPSA) is 50.9 Å². The van der Waals surface area contributed by atoms with Crippen molar-refractivity contribution >= 4 is 23.2 Å². The van der Waals surface area contributed by atoms with Gasteiger partial charge in [0.15, 0.2) is 5.96 Å². The Balaban J connectivity index is 2.07. The maximum atomic E-state index is 6.39. The van der Waals surface area contributed by atoms with Crippen molar-refractivity contribution in [2.45, 2.75) is 6.04 Å². The second-order valence-electron chi connectivity index (χ2n) is 4.78. The highest BCUT2D eigenvalue weighted by Crippen LogP contribution is 2.39. The summed E-state index contributed by atoms with van der Waals surface area (Å²) in [6.45, 7) is 0.556. The molecule has 0 fully saturated rings. The Labute approximate surface area is 128 Å². The molecule has 1 aliphatic heterocycles. The third-order valence-corrected chi connectivity index (χ3v) is 3.91. The number of rotatable bonds is 3. The number of nitrogens with two attached hydrogens (primary N) is 1. The molecule has 1 heterocycles. The fraction of sp³-hybridized carbons (Fsp3) is 0.188. The predicted molar refractivity (Wildman–Crippen MR) is 86.2 cm³/mol. The van der Waals surface area contributed by atoms with Crippen LogP contribution in [0.15, 0.2) is 53.5 Å². The van der Waals surface area contributed by atoms with Crippen molar-refractivity contribution in [3.63, 3.8) is 0 Å². The summed E-state index contributed by atoms with van der Waals surface area (Å²) in [5, 5.41) is 0.658. The molecule has 2 aromatic carbocycles. The Morgan fingerprint density at radius 3 is 2.67 bits per heavy atom. The summed E-state index contributed by atoms with van der Waals surface area (Å²) in [6.07, 6.45) is 0. The lowest BCUT2D eigenvalue weighted by molar-refractivity contribution is 0.406. The van der Waals surface area contributed by atoms with Crippen molar-refractivity contribution < 1.29 is 4.74 Å². The monoisotopic (exact) mass is 301 g/mol. The Hall–Kier alpha value is -2.20. The Morgan fingerprint density at radius 2 is 1.95 bits per heavy atom. The standard InChI is InChI=1S/C16H16ClN3O/c1-21-14-9-5-8-12(17)15(14)13-10-19-16(18)20(13)11-6-3-2-4-7-11/h2-9,13H,10H2,1H3,(H2,18,19). The van der Waals surface area contributed by atoms with Gasteiger partial charge in [0.05, 0.1) is 19.7 Å². The fourth-order valence-corrected chi connectivity index (χ4v) is 2.93. The summed E-state index contributed by atoms with van der Waals surface area (Å²) in [7, 11) is 1.64. The number of aliphatic imine (C=N–C) groups is 1. The largest absolute Gasteiger partial charge is 0.496 e. The van der Waals surface area contributed by atoms with E-state index in [2.05, 4.69) is 4.99 Å². The van der Waals surface area contributed by atoms with E-state index in [0.29, 0.717) is 17.5 Å². The maximum Gasteiger partial charge on any atom is 0.196 e. The van der Waals surface area contributed by atoms with Crippen LogP contribution in [0.3, 0.4) is 0 Å². The zero-order valence-electron chi connectivity index (χ0n) is 11.7. The number of guanidine groups is 1. The molecule has 0 saturated heterocycles. The van der Waals surface area contributed by atoms with Gasteiger partial charge in [-0.3, -0.25) is 4.99 Å². The molecule has 0 aromatic heterocycles. The van der Waals surface area contributed by atoms with Crippen LogP contribution in [0.25, 0.3) is 0 Å². The lowest BCUT2D eigenvalue weighted by atomic mass is 10.0. The van der Waals surface area contributed by atoms with Crippen molar-refractivity contribution in [2.24, 2.45) is 10.7 Å². The Kier molecular flexibility index (Phi) is 3.71. The van der Waals surface area contributed by atoms with E-state index in [0.717, 1.165) is 17.0 Å². The average molecular weight is 302 g/mol. The van der Waals surface area contributed by atoms with Gasteiger partial charge in [-0.2, -0.15) is 0 Å². The smallest absolute Gasteiger partial charge is 0.196 e. The van der Waals surface area contributed by atoms with Crippen molar-refractivity contribution in [1.29, 1.82) is 0 Å². The number of ether oxygens (including phenoxy) is 1. The van der Waals surface area contributed by atoms with Gasteiger partial charge in [-0.25, -0.2) is 0 Å². The van der Waals surface area contributed by atoms with Gasteiger partial charge >= 0.3 is 0 Å². The van der Waals surface area contributed by atoms with Crippen LogP contribution >= 0.6 is 11.6 Å². The summed E-state index contributed by atoms with van der Waals surface area (Å²) in [6, 6.07) is 15.5. The highest BCUT2D eigenvalue weighted by Gasteiger charge is 2.32. The number of hydrogen-bond donors (Lipinski definition) is 1. The van der Waals surface area contributed by atoms with E-state index in [1.165, 1.54) is 0 Å². The van der Waals surface area contributed by atoms with E-state index in [9.17, 15) is 0 Å². The predicted octanol–water partition coefficient (Wildman–Crippen LogP) is 3.22. The first-order chi connectivity index (χ1) is 10.2. The lowest BCUT2D eigenvalue weighted by Crippen LogP contribution is -2.36. The third kappa shape index (κ3) is 2.43. The first kappa shape index (κ1) is 13.8. The zero-order valence-corrected chi connectivity index (χ0v) is 12.4. The Bertz CT molecular complexity index is 672. The van der Waals surface area contributed by atoms with Crippen LogP contribution < -0.4 is 15.4 Å². The summed E-state index contributed by atoms with van der Waals surface area (Å²) in [5.74, 6) is 1.24. The lowest BCUT2D eigenvalue weighted by Gasteiger charge is -2.28. The van der Waals surface area contributed by atoms with Gasteiger partial charge in [-0.15, -0.1) is 0 Å². The summed E-state index contributed by atoms with van der Waals surface area (Å²) in [4.78, 5) is 6.36. The van der Waals surface area contributed by atoms with E-state index in [1.54, 1.807) is 7.11 Å². The molecule has 1 atom stereocenters. The molecule has 0 amide bonds. The van der Waals surface area contributed by atoms with Crippen LogP contribution in [0.5, 0.6) is 5.75 Å². The van der Waals surface area contributed by atoms with Crippen molar-refractivity contribution in [3.8, 4) is 5.75 Å². The molecule has 4 nitrogen and oxygen atoms in total. The molecule has 3 rings (SSSR count). The second-order valence-corrected chi connectivity index (χ2v) is 5.18. The number of nitrogens with zero attached hydrogens (tertiary/aromatic N) is 2. The molecule has 1 unspecified atom stereocenters. The highest BCUT2D eigenvalue weighted by molar-refractivity contribution is 6.31. The minimum atomic E-state index is -0.0592. The van der Waals surface area contributed by atoms with Gasteiger partial charge in [0.25, 0.3) is 0 Å². The first-order valence-corrected chi connectivity index (χ1v) is 7.06. The number of para-hydroxylation sites is 1. The van der Waals surface area contributed by atoms with Gasteiger partial charge in [-0.1, -0.05) is 35.9 Å². The zero-order chi connectivity index (χ0) is 14.8. The molecular formula is C16H16ClN3O. The normalized spacial score (nSPS) is 17.7. The van der Waals surface area contributed by atoms with E-state index < -0.39 is 0 Å². The molecule has 0 aliphatic carbocycles. The maximum absolute atomic E-state index is 6.39. The minimum Gasteiger partial charge on any atom is -0.496 e. The average Bonchev–Trinajstić information content (AvgIpc) is 2.89. The molecule has 0 radical (unpaired) electrons. The molecule has 2 aromatic rings. The molecule has 5 heteroatoms. The molecule has 2 N–H and O–H groups in total. The molecular weight excluding hydrogens is 286 g/mol. The van der Waals surface area contributed by atoms with Gasteiger partial charge in [0, 0.05) is 16.3 Å². The molecule has 0 bridgehead atoms. The summed E-state index contributed by atoms with van der Waals surface area (Å²) >= 11 is 6.39. The van der Waals surface area contributed by atoms with E-state index in [1.807, 2.05) is 53.4 Å². The number of benzene rings is 2. The number of hydrogen-bond acceptors (Lipinski definition) is 4. The van der Waals surface area contributed by atoms with Gasteiger partial charge in [-0.05, 0) is 24.3 Å². The molecule has 1 aliphatic rings. The van der Waals surface area contributed by atoms with Crippen LogP contribution in [-0.4, -0.2) is 19.6 Å². The Morgan fingerprint density at radius 1 is 1.19 bits per heavy atom. The molecule has 0 saturated carbocycles. The van der Waals surface area contributed by atoms with Crippen LogP contribution in [0, 0.1) is 0 Å². The molecule has 108 valence electrons. The molecule has 0 spiro atoms. The first-order valence-electron chi connectivity index (χ1n) is 6.69. The summed E-state index contributed by atoms with van der Waals surface area (Å²) in [5.41, 5.74) is 7.97. The van der Waals surface area contributed by atoms with Gasteiger partial charge < -0.3 is 15.4 Å². The van der Waals surface area contributed by atoms with E-state index >= 15 is 0 Å². The number of methoxy groups -OCH3 is 1. The fourth-order valence-electron chi connectivity index (χ4n) is 2.64. The van der Waals surface area contributed by atoms with E-state index in [-0.39, 0.29) is 6.04 Å². The van der Waals surface area contributed by atoms with Crippen LogP contribution in [-0.2, 0) is 0 Å². The van der Waals surface area contributed by atoms with Crippen molar-refractivity contribution in [2.75, 3.05) is 18.6 Å². The summed E-state index contributed by atoms with van der Waals surface area (Å²) < 4.78 is 5.46. The number of halogens is 1. The highest BCUT2D eigenvalue weighted by atomic mass is 35.5. The van der Waals surface area contributed by atoms with E-state index in [4.69, 9.17) is 22.1 Å². The van der Waals surface area contributed by atoms with Gasteiger partial charge in [0.2, 0.25) is 0 Å². The van der Waals surface area contributed by atoms with Crippen molar-refractivity contribution in [1.82, 2.24) is 0 Å². The van der Waals surface area contributed by atoms with Crippen molar-refractivity contribution in [3.05, 3.63) is 59.1 Å². The van der Waals surface area contributed by atoms with Crippen LogP contribution in [0.2, 0.25) is 5.02 Å². The van der Waals surface area contributed by atoms with Gasteiger partial charge in [0.1, 0.15) is 5.75 Å². The van der Waals surface area contributed by atoms with Crippen LogP contribution in [0.1, 0.15) is 11.6 Å². The third-order valence-electron chi connectivity index (χ3n) is 3.59. The minimum absolute atomic E-state index is 0.0592. The molecule has 21 heavy (non-hydrogen) atoms. The number of anilines is 1. The van der Waals surface area contributed by atoms with Crippen LogP contribution in [0.4, 0.5) is 5.69 Å². The quantitative estimate of drug-likeness (QED) is 0.947. The SMILES string of the molecule is COc1cccc(Cl)c1C1CN=C(N)N1c1ccccc1.